The van der Waals surface area contributed by atoms with E-state index in [1.54, 1.807) is 0 Å². The molecule has 0 saturated carbocycles. The van der Waals surface area contributed by atoms with Crippen molar-refractivity contribution in [2.75, 3.05) is 6.61 Å². The quantitative estimate of drug-likeness (QED) is 0.376. The van der Waals surface area contributed by atoms with Crippen molar-refractivity contribution in [1.29, 1.82) is 0 Å². The van der Waals surface area contributed by atoms with Gasteiger partial charge < -0.3 is 4.74 Å². The number of rotatable bonds is 6. The van der Waals surface area contributed by atoms with Gasteiger partial charge >= 0.3 is 31.2 Å². The Morgan fingerprint density at radius 2 is 1.43 bits per heavy atom. The molecule has 0 heterocycles. The van der Waals surface area contributed by atoms with Crippen LogP contribution in [-0.2, 0) is 12.4 Å². The molecule has 1 unspecified atom stereocenters. The summed E-state index contributed by atoms with van der Waals surface area (Å²) in [5, 5.41) is 0.314. The molecule has 28 heavy (non-hydrogen) atoms. The van der Waals surface area contributed by atoms with Gasteiger partial charge in [0, 0.05) is 5.56 Å². The summed E-state index contributed by atoms with van der Waals surface area (Å²) >= 11 is 0. The Morgan fingerprint density at radius 3 is 1.86 bits per heavy atom. The van der Waals surface area contributed by atoms with Crippen molar-refractivity contribution < 1.29 is 35.9 Å². The fourth-order valence-electron chi connectivity index (χ4n) is 2.32. The molecule has 0 amide bonds. The molecule has 0 aliphatic carbocycles. The van der Waals surface area contributed by atoms with E-state index < -0.39 is 43.1 Å². The van der Waals surface area contributed by atoms with Crippen molar-refractivity contribution in [3.63, 3.8) is 0 Å². The molecule has 0 aliphatic heterocycles. The van der Waals surface area contributed by atoms with Crippen LogP contribution >= 0.6 is 8.58 Å². The second-order valence-corrected chi connectivity index (χ2v) is 6.83. The van der Waals surface area contributed by atoms with Crippen LogP contribution in [0.15, 0.2) is 42.5 Å². The zero-order chi connectivity index (χ0) is 20.2. The summed E-state index contributed by atoms with van der Waals surface area (Å²) in [5.41, 5.74) is -5.74. The van der Waals surface area contributed by atoms with Crippen LogP contribution in [0, 0.1) is 0 Å². The van der Waals surface area contributed by atoms with Crippen molar-refractivity contribution in [3.05, 3.63) is 59.2 Å². The summed E-state index contributed by atoms with van der Waals surface area (Å²) in [4.78, 5) is 12.4. The number of carbonyl (C=O) groups is 1. The Kier molecular flexibility index (Phi) is 8.61. The van der Waals surface area contributed by atoms with Gasteiger partial charge in [-0.25, -0.2) is 0 Å². The third kappa shape index (κ3) is 6.27. The van der Waals surface area contributed by atoms with Crippen LogP contribution in [-0.4, -0.2) is 31.0 Å². The predicted octanol–water partition coefficient (Wildman–Crippen LogP) is 5.01. The molecule has 148 valence electrons. The fraction of sp³-hybridized carbons (Fsp3) is 0.278. The van der Waals surface area contributed by atoms with Gasteiger partial charge in [-0.2, -0.15) is 26.3 Å². The van der Waals surface area contributed by atoms with Crippen LogP contribution in [0.5, 0.6) is 5.75 Å². The van der Waals surface area contributed by atoms with E-state index >= 15 is 0 Å². The molecule has 0 spiro atoms. The Bertz CT molecular complexity index is 771. The average Bonchev–Trinajstić information content (AvgIpc) is 2.59. The van der Waals surface area contributed by atoms with E-state index in [0.717, 1.165) is 6.42 Å². The van der Waals surface area contributed by atoms with Crippen molar-refractivity contribution in [2.24, 2.45) is 0 Å². The SMILES string of the molecule is CCCOc1ccc(PC(=O)c2c(C(F)(F)F)cccc2C(F)(F)F)cc1.[LiH]. The number of ether oxygens (including phenoxy) is 1. The maximum atomic E-state index is 13.2. The number of alkyl halides is 6. The third-order valence-electron chi connectivity index (χ3n) is 3.49. The van der Waals surface area contributed by atoms with Crippen LogP contribution in [0.1, 0.15) is 34.8 Å². The van der Waals surface area contributed by atoms with Crippen LogP contribution in [0.2, 0.25) is 0 Å². The van der Waals surface area contributed by atoms with Gasteiger partial charge in [-0.3, -0.25) is 4.79 Å². The second kappa shape index (κ2) is 9.82. The molecule has 10 heteroatoms. The van der Waals surface area contributed by atoms with E-state index in [1.165, 1.54) is 24.3 Å². The van der Waals surface area contributed by atoms with E-state index in [4.69, 9.17) is 4.74 Å². The van der Waals surface area contributed by atoms with Crippen molar-refractivity contribution in [3.8, 4) is 5.75 Å². The summed E-state index contributed by atoms with van der Waals surface area (Å²) in [7, 11) is -0.889. The summed E-state index contributed by atoms with van der Waals surface area (Å²) in [5.74, 6) is 0.504. The number of benzene rings is 2. The van der Waals surface area contributed by atoms with Gasteiger partial charge in [0.1, 0.15) is 5.75 Å². The topological polar surface area (TPSA) is 26.3 Å². The van der Waals surface area contributed by atoms with Gasteiger partial charge in [0.25, 0.3) is 0 Å². The Labute approximate surface area is 171 Å². The first-order valence-electron chi connectivity index (χ1n) is 7.85. The van der Waals surface area contributed by atoms with Crippen molar-refractivity contribution >= 4 is 38.3 Å². The zero-order valence-electron chi connectivity index (χ0n) is 14.0. The van der Waals surface area contributed by atoms with Gasteiger partial charge in [-0.05, 0) is 44.6 Å². The van der Waals surface area contributed by atoms with Gasteiger partial charge in [0.2, 0.25) is 0 Å². The Morgan fingerprint density at radius 1 is 0.929 bits per heavy atom. The van der Waals surface area contributed by atoms with Crippen LogP contribution in [0.25, 0.3) is 0 Å². The molecule has 2 rings (SSSR count). The molecular formula is C18H16F6LiO2P. The van der Waals surface area contributed by atoms with Crippen molar-refractivity contribution in [1.82, 2.24) is 0 Å². The fourth-order valence-corrected chi connectivity index (χ4v) is 3.31. The van der Waals surface area contributed by atoms with Crippen molar-refractivity contribution in [2.45, 2.75) is 25.7 Å². The number of hydrogen-bond donors (Lipinski definition) is 0. The first kappa shape index (κ1) is 24.6. The third-order valence-corrected chi connectivity index (χ3v) is 4.59. The Hall–Kier alpha value is -1.48. The minimum atomic E-state index is -5.07. The van der Waals surface area contributed by atoms with E-state index in [9.17, 15) is 31.1 Å². The monoisotopic (exact) mass is 416 g/mol. The molecule has 2 aromatic carbocycles. The van der Waals surface area contributed by atoms with Crippen LogP contribution in [0.4, 0.5) is 26.3 Å². The molecule has 2 aromatic rings. The van der Waals surface area contributed by atoms with Gasteiger partial charge in [-0.1, -0.05) is 25.1 Å². The number of carbonyl (C=O) groups excluding carboxylic acids is 1. The van der Waals surface area contributed by atoms with Gasteiger partial charge in [0.05, 0.1) is 17.7 Å². The molecule has 0 fully saturated rings. The van der Waals surface area contributed by atoms with E-state index in [2.05, 4.69) is 0 Å². The minimum absolute atomic E-state index is 0. The summed E-state index contributed by atoms with van der Waals surface area (Å²) in [6.07, 6.45) is -9.38. The second-order valence-electron chi connectivity index (χ2n) is 5.55. The van der Waals surface area contributed by atoms with Gasteiger partial charge in [0.15, 0.2) is 5.52 Å². The normalized spacial score (nSPS) is 12.1. The van der Waals surface area contributed by atoms with Crippen LogP contribution in [0.3, 0.4) is 0 Å². The van der Waals surface area contributed by atoms with Gasteiger partial charge in [-0.15, -0.1) is 0 Å². The Balaban J connectivity index is 0.00000392. The predicted molar refractivity (Wildman–Crippen MR) is 98.1 cm³/mol. The number of hydrogen-bond acceptors (Lipinski definition) is 2. The molecule has 0 aromatic heterocycles. The first-order valence-corrected chi connectivity index (χ1v) is 8.85. The molecule has 0 aliphatic rings. The molecule has 0 bridgehead atoms. The molecule has 0 N–H and O–H groups in total. The van der Waals surface area contributed by atoms with E-state index in [0.29, 0.717) is 35.9 Å². The standard InChI is InChI=1S/C18H15F6O2P.Li.H/c1-2-10-26-11-6-8-12(9-7-11)27-16(25)15-13(17(19,20)21)4-3-5-14(15)18(22,23)24;;/h3-9,27H,2,10H2,1H3;;. The summed E-state index contributed by atoms with van der Waals surface area (Å²) in [6, 6.07) is 7.54. The molecule has 0 saturated heterocycles. The summed E-state index contributed by atoms with van der Waals surface area (Å²) in [6.45, 7) is 2.37. The average molecular weight is 416 g/mol. The first-order chi connectivity index (χ1) is 12.5. The molecule has 2 nitrogen and oxygen atoms in total. The molecule has 1 atom stereocenters. The zero-order valence-corrected chi connectivity index (χ0v) is 15.0. The van der Waals surface area contributed by atoms with E-state index in [-0.39, 0.29) is 18.9 Å². The maximum absolute atomic E-state index is 13.2. The van der Waals surface area contributed by atoms with E-state index in [1.807, 2.05) is 6.92 Å². The molecule has 0 radical (unpaired) electrons. The van der Waals surface area contributed by atoms with Crippen LogP contribution < -0.4 is 10.0 Å². The summed E-state index contributed by atoms with van der Waals surface area (Å²) < 4.78 is 84.3. The number of halogens is 6. The molecular weight excluding hydrogens is 400 g/mol.